The Morgan fingerprint density at radius 3 is 2.61 bits per heavy atom. The molecule has 0 radical (unpaired) electrons. The van der Waals surface area contributed by atoms with Gasteiger partial charge in [0.1, 0.15) is 17.9 Å². The van der Waals surface area contributed by atoms with E-state index in [0.717, 1.165) is 16.5 Å². The van der Waals surface area contributed by atoms with E-state index in [9.17, 15) is 4.79 Å². The summed E-state index contributed by atoms with van der Waals surface area (Å²) in [5.74, 6) is 1.97. The molecule has 0 saturated heterocycles. The van der Waals surface area contributed by atoms with Gasteiger partial charge < -0.3 is 24.8 Å². The number of carbonyl (C=O) groups excluding carboxylic acids is 1. The molecular weight excluding hydrogens is 358 g/mol. The van der Waals surface area contributed by atoms with Crippen LogP contribution < -0.4 is 24.8 Å². The van der Waals surface area contributed by atoms with Crippen molar-refractivity contribution >= 4 is 16.9 Å². The predicted molar refractivity (Wildman–Crippen MR) is 107 cm³/mol. The summed E-state index contributed by atoms with van der Waals surface area (Å²) in [6.45, 7) is 1.10. The Morgan fingerprint density at radius 1 is 0.964 bits per heavy atom. The van der Waals surface area contributed by atoms with Crippen LogP contribution in [0.5, 0.6) is 17.2 Å². The molecule has 0 aliphatic carbocycles. The molecule has 1 aromatic heterocycles. The number of aromatic nitrogens is 1. The van der Waals surface area contributed by atoms with Gasteiger partial charge in [0.15, 0.2) is 11.5 Å². The molecule has 2 amide bonds. The van der Waals surface area contributed by atoms with Crippen molar-refractivity contribution in [1.82, 2.24) is 15.6 Å². The smallest absolute Gasteiger partial charge is 0.315 e. The number of ether oxygens (including phenoxy) is 3. The highest BCUT2D eigenvalue weighted by Gasteiger charge is 2.06. The van der Waals surface area contributed by atoms with Crippen LogP contribution in [0.2, 0.25) is 0 Å². The third-order valence-electron chi connectivity index (χ3n) is 4.14. The molecule has 0 aliphatic heterocycles. The normalized spacial score (nSPS) is 10.4. The van der Waals surface area contributed by atoms with E-state index < -0.39 is 0 Å². The maximum Gasteiger partial charge on any atom is 0.315 e. The summed E-state index contributed by atoms with van der Waals surface area (Å²) >= 11 is 0. The minimum atomic E-state index is -0.269. The first-order valence-corrected chi connectivity index (χ1v) is 8.90. The van der Waals surface area contributed by atoms with Crippen LogP contribution in [0.3, 0.4) is 0 Å². The standard InChI is InChI=1S/C21H23N3O4/c1-26-17-9-8-15(13-19(17)27-2)14-24-21(25)23-11-12-28-18-7-3-5-16-6-4-10-22-20(16)18/h3-10,13H,11-12,14H2,1-2H3,(H2,23,24,25). The van der Waals surface area contributed by atoms with Gasteiger partial charge in [-0.1, -0.05) is 24.3 Å². The quantitative estimate of drug-likeness (QED) is 0.586. The van der Waals surface area contributed by atoms with E-state index in [2.05, 4.69) is 15.6 Å². The second kappa shape index (κ2) is 9.45. The van der Waals surface area contributed by atoms with E-state index in [1.165, 1.54) is 0 Å². The zero-order valence-corrected chi connectivity index (χ0v) is 15.9. The van der Waals surface area contributed by atoms with Gasteiger partial charge in [0.05, 0.1) is 20.8 Å². The number of hydrogen-bond acceptors (Lipinski definition) is 5. The molecule has 3 aromatic rings. The van der Waals surface area contributed by atoms with Gasteiger partial charge in [0.2, 0.25) is 0 Å². The Hall–Kier alpha value is -3.48. The molecule has 0 fully saturated rings. The third kappa shape index (κ3) is 4.82. The Balaban J connectivity index is 1.43. The van der Waals surface area contributed by atoms with E-state index in [0.29, 0.717) is 36.9 Å². The molecule has 7 heteroatoms. The summed E-state index contributed by atoms with van der Waals surface area (Å²) in [7, 11) is 3.16. The second-order valence-electron chi connectivity index (χ2n) is 5.98. The summed E-state index contributed by atoms with van der Waals surface area (Å²) in [4.78, 5) is 16.3. The van der Waals surface area contributed by atoms with Crippen molar-refractivity contribution in [2.75, 3.05) is 27.4 Å². The van der Waals surface area contributed by atoms with Gasteiger partial charge in [0, 0.05) is 18.1 Å². The number of carbonyl (C=O) groups is 1. The Bertz CT molecular complexity index is 941. The van der Waals surface area contributed by atoms with Crippen LogP contribution in [0, 0.1) is 0 Å². The molecular formula is C21H23N3O4. The number of pyridine rings is 1. The molecule has 1 heterocycles. The maximum absolute atomic E-state index is 12.0. The number of methoxy groups -OCH3 is 2. The molecule has 3 rings (SSSR count). The number of urea groups is 1. The lowest BCUT2D eigenvalue weighted by Crippen LogP contribution is -2.37. The lowest BCUT2D eigenvalue weighted by atomic mass is 10.2. The summed E-state index contributed by atoms with van der Waals surface area (Å²) in [5, 5.41) is 6.59. The first kappa shape index (κ1) is 19.3. The van der Waals surface area contributed by atoms with Crippen molar-refractivity contribution in [3.8, 4) is 17.2 Å². The number of benzene rings is 2. The molecule has 0 bridgehead atoms. The van der Waals surface area contributed by atoms with Crippen molar-refractivity contribution in [1.29, 1.82) is 0 Å². The number of amides is 2. The van der Waals surface area contributed by atoms with Crippen molar-refractivity contribution < 1.29 is 19.0 Å². The van der Waals surface area contributed by atoms with Crippen LogP contribution in [0.25, 0.3) is 10.9 Å². The Labute approximate surface area is 163 Å². The van der Waals surface area contributed by atoms with Gasteiger partial charge in [-0.2, -0.15) is 0 Å². The van der Waals surface area contributed by atoms with Gasteiger partial charge in [-0.3, -0.25) is 4.98 Å². The van der Waals surface area contributed by atoms with E-state index in [4.69, 9.17) is 14.2 Å². The van der Waals surface area contributed by atoms with Crippen LogP contribution in [0.4, 0.5) is 4.79 Å². The van der Waals surface area contributed by atoms with E-state index >= 15 is 0 Å². The average Bonchev–Trinajstić information content (AvgIpc) is 2.75. The Morgan fingerprint density at radius 2 is 1.79 bits per heavy atom. The van der Waals surface area contributed by atoms with E-state index in [-0.39, 0.29) is 6.03 Å². The average molecular weight is 381 g/mol. The summed E-state index contributed by atoms with van der Waals surface area (Å²) in [6, 6.07) is 14.9. The lowest BCUT2D eigenvalue weighted by molar-refractivity contribution is 0.236. The monoisotopic (exact) mass is 381 g/mol. The molecule has 0 unspecified atom stereocenters. The van der Waals surface area contributed by atoms with Crippen LogP contribution in [-0.4, -0.2) is 38.4 Å². The first-order chi connectivity index (χ1) is 13.7. The van der Waals surface area contributed by atoms with Crippen molar-refractivity contribution in [3.63, 3.8) is 0 Å². The van der Waals surface area contributed by atoms with Crippen molar-refractivity contribution in [3.05, 3.63) is 60.3 Å². The fourth-order valence-corrected chi connectivity index (χ4v) is 2.75. The lowest BCUT2D eigenvalue weighted by Gasteiger charge is -2.12. The van der Waals surface area contributed by atoms with Crippen LogP contribution in [0.15, 0.2) is 54.7 Å². The zero-order chi connectivity index (χ0) is 19.8. The molecule has 146 valence electrons. The molecule has 0 saturated carbocycles. The van der Waals surface area contributed by atoms with Crippen LogP contribution in [0.1, 0.15) is 5.56 Å². The third-order valence-corrected chi connectivity index (χ3v) is 4.14. The highest BCUT2D eigenvalue weighted by molar-refractivity contribution is 5.84. The summed E-state index contributed by atoms with van der Waals surface area (Å²) in [6.07, 6.45) is 1.73. The molecule has 28 heavy (non-hydrogen) atoms. The fraction of sp³-hybridized carbons (Fsp3) is 0.238. The molecule has 7 nitrogen and oxygen atoms in total. The van der Waals surface area contributed by atoms with E-state index in [1.807, 2.05) is 42.5 Å². The van der Waals surface area contributed by atoms with Gasteiger partial charge in [-0.15, -0.1) is 0 Å². The SMILES string of the molecule is COc1ccc(CNC(=O)NCCOc2cccc3cccnc23)cc1OC. The first-order valence-electron chi connectivity index (χ1n) is 8.90. The highest BCUT2D eigenvalue weighted by Crippen LogP contribution is 2.27. The highest BCUT2D eigenvalue weighted by atomic mass is 16.5. The van der Waals surface area contributed by atoms with Gasteiger partial charge >= 0.3 is 6.03 Å². The van der Waals surface area contributed by atoms with Crippen LogP contribution >= 0.6 is 0 Å². The minimum absolute atomic E-state index is 0.269. The predicted octanol–water partition coefficient (Wildman–Crippen LogP) is 3.13. The Kier molecular flexibility index (Phi) is 6.51. The largest absolute Gasteiger partial charge is 0.493 e. The summed E-state index contributed by atoms with van der Waals surface area (Å²) < 4.78 is 16.2. The molecule has 0 aliphatic rings. The molecule has 0 atom stereocenters. The molecule has 2 N–H and O–H groups in total. The second-order valence-corrected chi connectivity index (χ2v) is 5.98. The van der Waals surface area contributed by atoms with E-state index in [1.54, 1.807) is 26.5 Å². The van der Waals surface area contributed by atoms with Crippen molar-refractivity contribution in [2.24, 2.45) is 0 Å². The van der Waals surface area contributed by atoms with Crippen molar-refractivity contribution in [2.45, 2.75) is 6.54 Å². The zero-order valence-electron chi connectivity index (χ0n) is 15.9. The maximum atomic E-state index is 12.0. The van der Waals surface area contributed by atoms with Gasteiger partial charge in [-0.25, -0.2) is 4.79 Å². The minimum Gasteiger partial charge on any atom is -0.493 e. The fourth-order valence-electron chi connectivity index (χ4n) is 2.75. The number of rotatable bonds is 8. The van der Waals surface area contributed by atoms with Crippen LogP contribution in [-0.2, 0) is 6.54 Å². The number of nitrogens with one attached hydrogen (secondary N) is 2. The topological polar surface area (TPSA) is 81.7 Å². The number of nitrogens with zero attached hydrogens (tertiary/aromatic N) is 1. The molecule has 0 spiro atoms. The molecule has 2 aromatic carbocycles. The van der Waals surface area contributed by atoms with Gasteiger partial charge in [-0.05, 0) is 29.8 Å². The number of para-hydroxylation sites is 1. The van der Waals surface area contributed by atoms with Gasteiger partial charge in [0.25, 0.3) is 0 Å². The number of hydrogen-bond donors (Lipinski definition) is 2. The summed E-state index contributed by atoms with van der Waals surface area (Å²) in [5.41, 5.74) is 1.72. The number of fused-ring (bicyclic) bond motifs is 1.